The van der Waals surface area contributed by atoms with E-state index >= 15 is 0 Å². The first-order valence-electron chi connectivity index (χ1n) is 21.8. The number of aromatic nitrogens is 4. The molecule has 1 aliphatic rings. The van der Waals surface area contributed by atoms with Crippen LogP contribution in [-0.4, -0.2) is 9.97 Å². The van der Waals surface area contributed by atoms with Gasteiger partial charge in [-0.05, 0) is 126 Å². The number of para-hydroxylation sites is 4. The summed E-state index contributed by atoms with van der Waals surface area (Å²) in [5.41, 5.74) is 21.8. The maximum atomic E-state index is 3.68. The topological polar surface area (TPSA) is 39.3 Å². The molecule has 11 aromatic rings. The number of aryl methyl sites for hydroxylation is 2. The summed E-state index contributed by atoms with van der Waals surface area (Å²) < 4.78 is 4.75. The van der Waals surface area contributed by atoms with Gasteiger partial charge in [0.2, 0.25) is 0 Å². The van der Waals surface area contributed by atoms with Gasteiger partial charge >= 0.3 is 0 Å². The van der Waals surface area contributed by atoms with Gasteiger partial charge in [0.15, 0.2) is 22.1 Å². The maximum absolute atomic E-state index is 3.68. The van der Waals surface area contributed by atoms with E-state index in [1.165, 1.54) is 100 Å². The van der Waals surface area contributed by atoms with Crippen molar-refractivity contribution < 1.29 is 9.13 Å². The number of hydrogen-bond donors (Lipinski definition) is 2. The Morgan fingerprint density at radius 1 is 0.339 bits per heavy atom. The van der Waals surface area contributed by atoms with Crippen LogP contribution in [0.5, 0.6) is 0 Å². The first-order chi connectivity index (χ1) is 30.7. The largest absolute Gasteiger partial charge is 0.260 e. The number of H-pyrrole nitrogens is 2. The lowest BCUT2D eigenvalue weighted by molar-refractivity contribution is -0.576. The smallest absolute Gasteiger partial charge is 0.240 e. The summed E-state index contributed by atoms with van der Waals surface area (Å²) in [4.78, 5) is 7.37. The van der Waals surface area contributed by atoms with Crippen LogP contribution in [0.2, 0.25) is 0 Å². The Morgan fingerprint density at radius 2 is 0.710 bits per heavy atom. The summed E-state index contributed by atoms with van der Waals surface area (Å²) in [5, 5.41) is 2.58. The molecule has 4 nitrogen and oxygen atoms in total. The van der Waals surface area contributed by atoms with Crippen LogP contribution in [0.4, 0.5) is 0 Å². The number of rotatable bonds is 8. The quantitative estimate of drug-likeness (QED) is 0.144. The van der Waals surface area contributed by atoms with Crippen LogP contribution in [0.3, 0.4) is 0 Å². The molecule has 1 aliphatic carbocycles. The van der Waals surface area contributed by atoms with Gasteiger partial charge in [0.05, 0.1) is 0 Å². The number of benzene rings is 9. The van der Waals surface area contributed by atoms with Gasteiger partial charge in [-0.1, -0.05) is 159 Å². The minimum atomic E-state index is 0.892. The Kier molecular flexibility index (Phi) is 8.39. The minimum absolute atomic E-state index is 0.892. The number of aromatic amines is 2. The van der Waals surface area contributed by atoms with Gasteiger partial charge in [-0.15, -0.1) is 0 Å². The molecule has 0 fully saturated rings. The summed E-state index contributed by atoms with van der Waals surface area (Å²) in [6.45, 7) is 4.43. The average molecular weight is 797 g/mol. The lowest BCUT2D eigenvalue weighted by Gasteiger charge is -2.26. The molecule has 0 aliphatic heterocycles. The Hall–Kier alpha value is -7.82. The summed E-state index contributed by atoms with van der Waals surface area (Å²) in [6.07, 6.45) is 1.78. The molecule has 12 rings (SSSR count). The minimum Gasteiger partial charge on any atom is -0.240 e. The molecule has 62 heavy (non-hydrogen) atoms. The molecule has 2 heterocycles. The number of hydrogen-bond acceptors (Lipinski definition) is 0. The predicted molar refractivity (Wildman–Crippen MR) is 256 cm³/mol. The molecule has 0 saturated heterocycles. The second-order valence-electron chi connectivity index (χ2n) is 16.3. The van der Waals surface area contributed by atoms with Crippen LogP contribution < -0.4 is 9.13 Å². The summed E-state index contributed by atoms with van der Waals surface area (Å²) in [5.74, 6) is 2.36. The van der Waals surface area contributed by atoms with E-state index in [9.17, 15) is 0 Å². The zero-order valence-corrected chi connectivity index (χ0v) is 34.8. The lowest BCUT2D eigenvalue weighted by atomic mass is 9.76. The fourth-order valence-corrected chi connectivity index (χ4v) is 10.3. The van der Waals surface area contributed by atoms with Gasteiger partial charge in [0.25, 0.3) is 11.6 Å². The van der Waals surface area contributed by atoms with Crippen molar-refractivity contribution in [2.24, 2.45) is 0 Å². The molecule has 4 heteroatoms. The summed E-state index contributed by atoms with van der Waals surface area (Å²) in [6, 6.07) is 71.6. The SMILES string of the molecule is CCc1[nH]c2ccccc2[n+]1-c1ccc(-c2c(-c3ccc(-[n+]4c(CC)[nH]c5ccccc54)cc3)c(-c3ccccc3)c3c(c2-c2ccccc2)-c2cccc4cccc-3c24)cc1. The Balaban J connectivity index is 1.20. The third kappa shape index (κ3) is 5.46. The van der Waals surface area contributed by atoms with Crippen molar-refractivity contribution in [2.45, 2.75) is 26.7 Å². The van der Waals surface area contributed by atoms with E-state index in [0.717, 1.165) is 35.2 Å². The van der Waals surface area contributed by atoms with E-state index < -0.39 is 0 Å². The van der Waals surface area contributed by atoms with Crippen molar-refractivity contribution in [1.82, 2.24) is 9.97 Å². The van der Waals surface area contributed by atoms with Crippen LogP contribution in [0, 0.1) is 0 Å². The van der Waals surface area contributed by atoms with E-state index in [1.807, 2.05) is 0 Å². The normalized spacial score (nSPS) is 11.8. The van der Waals surface area contributed by atoms with Gasteiger partial charge in [0, 0.05) is 12.8 Å². The lowest BCUT2D eigenvalue weighted by Crippen LogP contribution is -2.33. The van der Waals surface area contributed by atoms with Crippen molar-refractivity contribution in [2.75, 3.05) is 0 Å². The van der Waals surface area contributed by atoms with Crippen LogP contribution in [-0.2, 0) is 12.8 Å². The molecule has 0 bridgehead atoms. The van der Waals surface area contributed by atoms with E-state index in [2.05, 4.69) is 227 Å². The molecular weight excluding hydrogens is 753 g/mol. The zero-order valence-electron chi connectivity index (χ0n) is 34.8. The van der Waals surface area contributed by atoms with Crippen molar-refractivity contribution >= 4 is 32.8 Å². The molecule has 2 N–H and O–H groups in total. The van der Waals surface area contributed by atoms with Crippen molar-refractivity contribution in [1.29, 1.82) is 0 Å². The van der Waals surface area contributed by atoms with Gasteiger partial charge < -0.3 is 0 Å². The molecular formula is C58H44N4+2. The molecule has 0 saturated carbocycles. The van der Waals surface area contributed by atoms with Gasteiger partial charge in [-0.2, -0.15) is 9.13 Å². The molecule has 0 spiro atoms. The van der Waals surface area contributed by atoms with Gasteiger partial charge in [-0.3, -0.25) is 0 Å². The van der Waals surface area contributed by atoms with E-state index in [1.54, 1.807) is 0 Å². The number of fused-ring (bicyclic) bond motifs is 5. The first-order valence-corrected chi connectivity index (χ1v) is 21.8. The molecule has 9 aromatic carbocycles. The van der Waals surface area contributed by atoms with E-state index in [0.29, 0.717) is 0 Å². The van der Waals surface area contributed by atoms with Crippen LogP contribution in [0.15, 0.2) is 194 Å². The monoisotopic (exact) mass is 796 g/mol. The summed E-state index contributed by atoms with van der Waals surface area (Å²) in [7, 11) is 0. The number of imidazole rings is 2. The highest BCUT2D eigenvalue weighted by molar-refractivity contribution is 6.25. The first kappa shape index (κ1) is 36.1. The Morgan fingerprint density at radius 3 is 1.13 bits per heavy atom. The molecule has 0 radical (unpaired) electrons. The summed E-state index contributed by atoms with van der Waals surface area (Å²) >= 11 is 0. The Bertz CT molecular complexity index is 3270. The fourth-order valence-electron chi connectivity index (χ4n) is 10.3. The van der Waals surface area contributed by atoms with Crippen LogP contribution in [0.25, 0.3) is 111 Å². The van der Waals surface area contributed by atoms with Gasteiger partial charge in [0.1, 0.15) is 11.4 Å². The second-order valence-corrected chi connectivity index (χ2v) is 16.3. The second kappa shape index (κ2) is 14.4. The standard InChI is InChI=1S/C58H42N4/c1-3-50-59-46-25-11-13-27-48(46)61(50)42-33-29-40(30-34-42)53-54(41-31-35-43(36-32-41)62-49-28-14-12-26-47(49)60-51(62)4-2)56(39-19-9-6-10-20-39)58-45-24-16-22-37-21-15-23-44(52(37)45)57(58)55(53)38-17-7-5-8-18-38/h5-36H,3-4H2,1-2H3/p+2. The third-order valence-corrected chi connectivity index (χ3v) is 13.0. The fraction of sp³-hybridized carbons (Fsp3) is 0.0690. The van der Waals surface area contributed by atoms with Crippen molar-refractivity contribution in [3.63, 3.8) is 0 Å². The van der Waals surface area contributed by atoms with E-state index in [4.69, 9.17) is 0 Å². The number of nitrogens with one attached hydrogen (secondary N) is 2. The molecule has 0 atom stereocenters. The molecule has 294 valence electrons. The van der Waals surface area contributed by atoms with Gasteiger partial charge in [-0.25, -0.2) is 9.97 Å². The van der Waals surface area contributed by atoms with Crippen molar-refractivity contribution in [3.8, 4) is 78.1 Å². The number of nitrogens with zero attached hydrogens (tertiary/aromatic N) is 2. The highest BCUT2D eigenvalue weighted by atomic mass is 15.1. The zero-order chi connectivity index (χ0) is 41.3. The Labute approximate surface area is 361 Å². The molecule has 0 unspecified atom stereocenters. The average Bonchev–Trinajstić information content (AvgIpc) is 4.02. The molecule has 0 amide bonds. The third-order valence-electron chi connectivity index (χ3n) is 13.0. The highest BCUT2D eigenvalue weighted by Gasteiger charge is 2.34. The predicted octanol–water partition coefficient (Wildman–Crippen LogP) is 13.8. The van der Waals surface area contributed by atoms with Crippen molar-refractivity contribution in [3.05, 3.63) is 206 Å². The molecule has 2 aromatic heterocycles. The van der Waals surface area contributed by atoms with Crippen LogP contribution in [0.1, 0.15) is 25.5 Å². The maximum Gasteiger partial charge on any atom is 0.260 e. The van der Waals surface area contributed by atoms with E-state index in [-0.39, 0.29) is 0 Å². The highest BCUT2D eigenvalue weighted by Crippen LogP contribution is 2.60. The van der Waals surface area contributed by atoms with Crippen LogP contribution >= 0.6 is 0 Å².